The molecule has 0 radical (unpaired) electrons. The highest BCUT2D eigenvalue weighted by atomic mass is 16.5. The van der Waals surface area contributed by atoms with Crippen LogP contribution in [0.4, 0.5) is 0 Å². The molecule has 0 saturated heterocycles. The fourth-order valence-electron chi connectivity index (χ4n) is 2.21. The second-order valence-electron chi connectivity index (χ2n) is 4.79. The molecule has 0 unspecified atom stereocenters. The van der Waals surface area contributed by atoms with Crippen LogP contribution < -0.4 is 5.32 Å². The van der Waals surface area contributed by atoms with Gasteiger partial charge in [-0.3, -0.25) is 4.79 Å². The summed E-state index contributed by atoms with van der Waals surface area (Å²) in [4.78, 5) is 16.2. The van der Waals surface area contributed by atoms with Crippen molar-refractivity contribution in [3.05, 3.63) is 11.7 Å². The Labute approximate surface area is 111 Å². The van der Waals surface area contributed by atoms with Crippen LogP contribution in [0.15, 0.2) is 4.52 Å². The Bertz CT molecular complexity index is 428. The van der Waals surface area contributed by atoms with Crippen LogP contribution in [-0.4, -0.2) is 36.9 Å². The van der Waals surface area contributed by atoms with E-state index in [0.717, 1.165) is 19.3 Å². The van der Waals surface area contributed by atoms with Crippen molar-refractivity contribution < 1.29 is 18.8 Å². The molecule has 19 heavy (non-hydrogen) atoms. The lowest BCUT2D eigenvalue weighted by Gasteiger charge is -2.39. The van der Waals surface area contributed by atoms with Crippen LogP contribution in [0.2, 0.25) is 0 Å². The Hall–Kier alpha value is -1.47. The van der Waals surface area contributed by atoms with Crippen LogP contribution in [-0.2, 0) is 27.4 Å². The highest BCUT2D eigenvalue weighted by Crippen LogP contribution is 2.41. The van der Waals surface area contributed by atoms with Crippen LogP contribution in [0.5, 0.6) is 0 Å². The minimum absolute atomic E-state index is 0.00732. The van der Waals surface area contributed by atoms with Gasteiger partial charge in [-0.25, -0.2) is 0 Å². The lowest BCUT2D eigenvalue weighted by atomic mass is 9.68. The topological polar surface area (TPSA) is 86.5 Å². The molecule has 1 N–H and O–H groups in total. The molecule has 0 aromatic carbocycles. The minimum atomic E-state index is -0.371. The zero-order valence-electron chi connectivity index (χ0n) is 11.3. The summed E-state index contributed by atoms with van der Waals surface area (Å²) < 4.78 is 15.0. The Kier molecular flexibility index (Phi) is 4.49. The van der Waals surface area contributed by atoms with E-state index in [1.165, 1.54) is 0 Å². The van der Waals surface area contributed by atoms with Gasteiger partial charge in [0, 0.05) is 14.2 Å². The third-order valence-electron chi connectivity index (χ3n) is 3.40. The summed E-state index contributed by atoms with van der Waals surface area (Å²) in [6.07, 6.45) is 2.80. The average Bonchev–Trinajstić information content (AvgIpc) is 2.79. The molecule has 1 amide bonds. The van der Waals surface area contributed by atoms with Gasteiger partial charge in [0.15, 0.2) is 5.82 Å². The van der Waals surface area contributed by atoms with Gasteiger partial charge in [-0.05, 0) is 12.8 Å². The maximum Gasteiger partial charge on any atom is 0.246 e. The number of aromatic nitrogens is 2. The zero-order valence-corrected chi connectivity index (χ0v) is 11.3. The molecule has 0 spiro atoms. The van der Waals surface area contributed by atoms with Gasteiger partial charge in [-0.15, -0.1) is 0 Å². The van der Waals surface area contributed by atoms with Crippen molar-refractivity contribution in [1.82, 2.24) is 15.5 Å². The van der Waals surface area contributed by atoms with Crippen molar-refractivity contribution in [2.45, 2.75) is 32.4 Å². The molecule has 2 rings (SSSR count). The van der Waals surface area contributed by atoms with Gasteiger partial charge in [-0.2, -0.15) is 4.98 Å². The number of methoxy groups -OCH3 is 2. The van der Waals surface area contributed by atoms with E-state index in [1.807, 2.05) is 0 Å². The summed E-state index contributed by atoms with van der Waals surface area (Å²) in [6.45, 7) is 0.990. The molecule has 1 aliphatic rings. The van der Waals surface area contributed by atoms with E-state index in [-0.39, 0.29) is 17.9 Å². The minimum Gasteiger partial charge on any atom is -0.384 e. The number of hydrogen-bond donors (Lipinski definition) is 1. The number of carbonyl (C=O) groups excluding carboxylic acids is 1. The molecule has 106 valence electrons. The quantitative estimate of drug-likeness (QED) is 0.782. The van der Waals surface area contributed by atoms with Crippen molar-refractivity contribution in [3.8, 4) is 0 Å². The largest absolute Gasteiger partial charge is 0.384 e. The highest BCUT2D eigenvalue weighted by molar-refractivity contribution is 5.83. The SMILES string of the molecule is COCc1noc(CNC(=O)C2(COC)CCC2)n1. The molecular formula is C12H19N3O4. The number of nitrogens with one attached hydrogen (secondary N) is 1. The van der Waals surface area contributed by atoms with Crippen molar-refractivity contribution in [1.29, 1.82) is 0 Å². The van der Waals surface area contributed by atoms with Crippen molar-refractivity contribution >= 4 is 5.91 Å². The summed E-state index contributed by atoms with van der Waals surface area (Å²) in [5.41, 5.74) is -0.371. The molecule has 1 aromatic rings. The van der Waals surface area contributed by atoms with Gasteiger partial charge < -0.3 is 19.3 Å². The first-order chi connectivity index (χ1) is 9.20. The monoisotopic (exact) mass is 269 g/mol. The molecule has 0 atom stereocenters. The Morgan fingerprint density at radius 2 is 2.21 bits per heavy atom. The fraction of sp³-hybridized carbons (Fsp3) is 0.750. The number of hydrogen-bond acceptors (Lipinski definition) is 6. The number of carbonyl (C=O) groups is 1. The van der Waals surface area contributed by atoms with Crippen LogP contribution in [0.25, 0.3) is 0 Å². The van der Waals surface area contributed by atoms with E-state index < -0.39 is 0 Å². The number of ether oxygens (including phenoxy) is 2. The van der Waals surface area contributed by atoms with E-state index >= 15 is 0 Å². The number of nitrogens with zero attached hydrogens (tertiary/aromatic N) is 2. The maximum atomic E-state index is 12.1. The molecule has 0 aliphatic heterocycles. The smallest absolute Gasteiger partial charge is 0.246 e. The molecular weight excluding hydrogens is 250 g/mol. The summed E-state index contributed by atoms with van der Waals surface area (Å²) in [5.74, 6) is 0.848. The molecule has 1 saturated carbocycles. The molecule has 1 heterocycles. The van der Waals surface area contributed by atoms with Gasteiger partial charge >= 0.3 is 0 Å². The van der Waals surface area contributed by atoms with Crippen LogP contribution in [0.1, 0.15) is 31.0 Å². The maximum absolute atomic E-state index is 12.1. The van der Waals surface area contributed by atoms with Gasteiger partial charge in [0.1, 0.15) is 6.61 Å². The summed E-state index contributed by atoms with van der Waals surface area (Å²) in [5, 5.41) is 6.56. The lowest BCUT2D eigenvalue weighted by Crippen LogP contribution is -2.48. The lowest BCUT2D eigenvalue weighted by molar-refractivity contribution is -0.140. The second-order valence-corrected chi connectivity index (χ2v) is 4.79. The summed E-state index contributed by atoms with van der Waals surface area (Å²) in [6, 6.07) is 0. The van der Waals surface area contributed by atoms with Gasteiger partial charge in [0.2, 0.25) is 11.8 Å². The molecule has 1 aliphatic carbocycles. The predicted octanol–water partition coefficient (Wildman–Crippen LogP) is 0.649. The molecule has 0 bridgehead atoms. The van der Waals surface area contributed by atoms with Crippen molar-refractivity contribution in [2.24, 2.45) is 5.41 Å². The number of amides is 1. The molecule has 7 nitrogen and oxygen atoms in total. The Morgan fingerprint density at radius 1 is 1.42 bits per heavy atom. The normalized spacial score (nSPS) is 16.9. The van der Waals surface area contributed by atoms with E-state index in [4.69, 9.17) is 14.0 Å². The standard InChI is InChI=1S/C12H19N3O4/c1-17-7-9-14-10(19-15-9)6-13-11(16)12(8-18-2)4-3-5-12/h3-8H2,1-2H3,(H,13,16). The van der Waals surface area contributed by atoms with Gasteiger partial charge in [0.05, 0.1) is 18.6 Å². The third kappa shape index (κ3) is 3.10. The predicted molar refractivity (Wildman–Crippen MR) is 65.0 cm³/mol. The average molecular weight is 269 g/mol. The van der Waals surface area contributed by atoms with E-state index in [2.05, 4.69) is 15.5 Å². The number of rotatable bonds is 7. The second kappa shape index (κ2) is 6.12. The third-order valence-corrected chi connectivity index (χ3v) is 3.40. The first kappa shape index (κ1) is 14.0. The van der Waals surface area contributed by atoms with Crippen LogP contribution in [0.3, 0.4) is 0 Å². The molecule has 7 heteroatoms. The van der Waals surface area contributed by atoms with Crippen LogP contribution in [0, 0.1) is 5.41 Å². The van der Waals surface area contributed by atoms with E-state index in [1.54, 1.807) is 14.2 Å². The van der Waals surface area contributed by atoms with Crippen molar-refractivity contribution in [2.75, 3.05) is 20.8 Å². The van der Waals surface area contributed by atoms with Gasteiger partial charge in [-0.1, -0.05) is 11.6 Å². The first-order valence-corrected chi connectivity index (χ1v) is 6.28. The zero-order chi connectivity index (χ0) is 13.7. The Morgan fingerprint density at radius 3 is 2.79 bits per heavy atom. The summed E-state index contributed by atoms with van der Waals surface area (Å²) in [7, 11) is 3.17. The fourth-order valence-corrected chi connectivity index (χ4v) is 2.21. The molecule has 1 aromatic heterocycles. The van der Waals surface area contributed by atoms with Gasteiger partial charge in [0.25, 0.3) is 0 Å². The summed E-state index contributed by atoms with van der Waals surface area (Å²) >= 11 is 0. The van der Waals surface area contributed by atoms with Crippen LogP contribution >= 0.6 is 0 Å². The first-order valence-electron chi connectivity index (χ1n) is 6.28. The highest BCUT2D eigenvalue weighted by Gasteiger charge is 2.44. The van der Waals surface area contributed by atoms with E-state index in [9.17, 15) is 4.79 Å². The molecule has 1 fully saturated rings. The van der Waals surface area contributed by atoms with Crippen molar-refractivity contribution in [3.63, 3.8) is 0 Å². The van der Waals surface area contributed by atoms with E-state index in [0.29, 0.717) is 24.9 Å². The Balaban J connectivity index is 1.85.